The zero-order valence-electron chi connectivity index (χ0n) is 13.8. The second kappa shape index (κ2) is 6.64. The monoisotopic (exact) mass is 366 g/mol. The van der Waals surface area contributed by atoms with E-state index in [9.17, 15) is 0 Å². The number of hydrogen-bond acceptors (Lipinski definition) is 6. The minimum Gasteiger partial charge on any atom is -0.368 e. The van der Waals surface area contributed by atoms with Crippen LogP contribution in [0.2, 0.25) is 0 Å². The first kappa shape index (κ1) is 16.3. The molecule has 0 saturated heterocycles. The van der Waals surface area contributed by atoms with E-state index in [0.29, 0.717) is 34.0 Å². The van der Waals surface area contributed by atoms with Crippen LogP contribution < -0.4 is 10.5 Å². The SMILES string of the molecule is CSNc1cccc(-c2nc3ccccn3c2-c2ccnc(N)n2)c1F. The second-order valence-corrected chi connectivity index (χ2v) is 6.12. The highest BCUT2D eigenvalue weighted by molar-refractivity contribution is 7.99. The smallest absolute Gasteiger partial charge is 0.220 e. The topological polar surface area (TPSA) is 81.1 Å². The Morgan fingerprint density at radius 2 is 2.00 bits per heavy atom. The predicted octanol–water partition coefficient (Wildman–Crippen LogP) is 3.87. The summed E-state index contributed by atoms with van der Waals surface area (Å²) in [6.07, 6.45) is 5.28. The molecule has 4 aromatic rings. The molecule has 0 aliphatic carbocycles. The zero-order chi connectivity index (χ0) is 18.1. The number of nitrogens with one attached hydrogen (secondary N) is 1. The lowest BCUT2D eigenvalue weighted by atomic mass is 10.1. The molecule has 0 spiro atoms. The van der Waals surface area contributed by atoms with Gasteiger partial charge in [0.2, 0.25) is 5.95 Å². The Morgan fingerprint density at radius 3 is 2.81 bits per heavy atom. The van der Waals surface area contributed by atoms with Crippen molar-refractivity contribution >= 4 is 29.2 Å². The summed E-state index contributed by atoms with van der Waals surface area (Å²) in [7, 11) is 0. The fraction of sp³-hybridized carbons (Fsp3) is 0.0556. The van der Waals surface area contributed by atoms with Crippen LogP contribution in [0.1, 0.15) is 0 Å². The van der Waals surface area contributed by atoms with Crippen LogP contribution in [-0.4, -0.2) is 25.6 Å². The van der Waals surface area contributed by atoms with Gasteiger partial charge in [-0.2, -0.15) is 0 Å². The van der Waals surface area contributed by atoms with Gasteiger partial charge in [-0.3, -0.25) is 4.40 Å². The summed E-state index contributed by atoms with van der Waals surface area (Å²) < 4.78 is 19.9. The van der Waals surface area contributed by atoms with Crippen molar-refractivity contribution in [2.45, 2.75) is 0 Å². The lowest BCUT2D eigenvalue weighted by Crippen LogP contribution is -1.99. The number of rotatable bonds is 4. The highest BCUT2D eigenvalue weighted by Crippen LogP contribution is 2.35. The van der Waals surface area contributed by atoms with E-state index in [-0.39, 0.29) is 11.8 Å². The molecule has 0 saturated carbocycles. The molecule has 8 heteroatoms. The summed E-state index contributed by atoms with van der Waals surface area (Å²) in [5, 5.41) is 0. The molecule has 0 unspecified atom stereocenters. The average molecular weight is 366 g/mol. The Bertz CT molecular complexity index is 1090. The van der Waals surface area contributed by atoms with Gasteiger partial charge in [0.1, 0.15) is 11.3 Å². The molecule has 0 aliphatic heterocycles. The number of halogens is 1. The van der Waals surface area contributed by atoms with Crippen LogP contribution in [0.3, 0.4) is 0 Å². The Morgan fingerprint density at radius 1 is 1.12 bits per heavy atom. The van der Waals surface area contributed by atoms with Crippen molar-refractivity contribution < 1.29 is 4.39 Å². The van der Waals surface area contributed by atoms with Gasteiger partial charge >= 0.3 is 0 Å². The quantitative estimate of drug-likeness (QED) is 0.534. The number of hydrogen-bond donors (Lipinski definition) is 2. The molecule has 4 rings (SSSR count). The maximum Gasteiger partial charge on any atom is 0.220 e. The number of imidazole rings is 1. The summed E-state index contributed by atoms with van der Waals surface area (Å²) in [6.45, 7) is 0. The van der Waals surface area contributed by atoms with Gasteiger partial charge in [0, 0.05) is 24.2 Å². The van der Waals surface area contributed by atoms with Crippen molar-refractivity contribution in [3.63, 3.8) is 0 Å². The van der Waals surface area contributed by atoms with Gasteiger partial charge in [0.15, 0.2) is 5.82 Å². The van der Waals surface area contributed by atoms with E-state index in [0.717, 1.165) is 0 Å². The molecule has 0 atom stereocenters. The average Bonchev–Trinajstić information content (AvgIpc) is 3.03. The van der Waals surface area contributed by atoms with Crippen molar-refractivity contribution in [2.24, 2.45) is 0 Å². The van der Waals surface area contributed by atoms with Crippen molar-refractivity contribution in [1.82, 2.24) is 19.4 Å². The van der Waals surface area contributed by atoms with E-state index in [2.05, 4.69) is 19.7 Å². The zero-order valence-corrected chi connectivity index (χ0v) is 14.7. The van der Waals surface area contributed by atoms with Crippen LogP contribution in [0.15, 0.2) is 54.9 Å². The van der Waals surface area contributed by atoms with Crippen LogP contribution in [0.5, 0.6) is 0 Å². The molecule has 1 aromatic carbocycles. The summed E-state index contributed by atoms with van der Waals surface area (Å²) in [5.41, 5.74) is 8.97. The molecular weight excluding hydrogens is 351 g/mol. The molecular formula is C18H15FN6S. The number of aromatic nitrogens is 4. The van der Waals surface area contributed by atoms with Crippen molar-refractivity contribution in [3.05, 3.63) is 60.7 Å². The van der Waals surface area contributed by atoms with Crippen molar-refractivity contribution in [2.75, 3.05) is 16.7 Å². The molecule has 3 aromatic heterocycles. The minimum atomic E-state index is -0.367. The lowest BCUT2D eigenvalue weighted by Gasteiger charge is -2.09. The highest BCUT2D eigenvalue weighted by Gasteiger charge is 2.21. The summed E-state index contributed by atoms with van der Waals surface area (Å²) >= 11 is 1.33. The lowest BCUT2D eigenvalue weighted by molar-refractivity contribution is 0.635. The van der Waals surface area contributed by atoms with E-state index < -0.39 is 0 Å². The highest BCUT2D eigenvalue weighted by atomic mass is 32.2. The Kier molecular flexibility index (Phi) is 4.18. The number of fused-ring (bicyclic) bond motifs is 1. The van der Waals surface area contributed by atoms with Gasteiger partial charge in [0.25, 0.3) is 0 Å². The second-order valence-electron chi connectivity index (χ2n) is 5.51. The largest absolute Gasteiger partial charge is 0.368 e. The van der Waals surface area contributed by atoms with Gasteiger partial charge in [-0.05, 0) is 30.3 Å². The van der Waals surface area contributed by atoms with E-state index in [1.807, 2.05) is 35.1 Å². The van der Waals surface area contributed by atoms with E-state index in [1.165, 1.54) is 11.9 Å². The summed E-state index contributed by atoms with van der Waals surface area (Å²) in [6, 6.07) is 12.5. The van der Waals surface area contributed by atoms with Crippen molar-refractivity contribution in [3.8, 4) is 22.6 Å². The Labute approximate surface area is 153 Å². The third kappa shape index (κ3) is 2.74. The van der Waals surface area contributed by atoms with E-state index in [4.69, 9.17) is 5.73 Å². The van der Waals surface area contributed by atoms with Crippen LogP contribution in [0, 0.1) is 5.82 Å². The first-order chi connectivity index (χ1) is 12.7. The third-order valence-electron chi connectivity index (χ3n) is 3.91. The molecule has 6 nitrogen and oxygen atoms in total. The van der Waals surface area contributed by atoms with Gasteiger partial charge in [-0.25, -0.2) is 19.3 Å². The van der Waals surface area contributed by atoms with Gasteiger partial charge < -0.3 is 10.5 Å². The van der Waals surface area contributed by atoms with E-state index in [1.54, 1.807) is 30.5 Å². The van der Waals surface area contributed by atoms with Crippen LogP contribution in [0.4, 0.5) is 16.0 Å². The van der Waals surface area contributed by atoms with Crippen LogP contribution in [0.25, 0.3) is 28.3 Å². The minimum absolute atomic E-state index is 0.151. The molecule has 0 amide bonds. The summed E-state index contributed by atoms with van der Waals surface area (Å²) in [5.74, 6) is -0.217. The molecule has 0 fully saturated rings. The van der Waals surface area contributed by atoms with Crippen molar-refractivity contribution in [1.29, 1.82) is 0 Å². The molecule has 0 bridgehead atoms. The molecule has 0 aliphatic rings. The standard InChI is InChI=1S/C18H15FN6S/c1-26-24-12-6-4-5-11(15(12)19)16-17(13-8-9-21-18(20)22-13)25-10-3-2-7-14(25)23-16/h2-10,24H,1H3,(H2,20,21,22). The first-order valence-electron chi connectivity index (χ1n) is 7.83. The van der Waals surface area contributed by atoms with Gasteiger partial charge in [-0.1, -0.05) is 24.1 Å². The summed E-state index contributed by atoms with van der Waals surface area (Å²) in [4.78, 5) is 12.9. The number of nitrogens with zero attached hydrogens (tertiary/aromatic N) is 4. The number of nitrogen functional groups attached to an aromatic ring is 1. The number of pyridine rings is 1. The van der Waals surface area contributed by atoms with Crippen LogP contribution >= 0.6 is 11.9 Å². The molecule has 3 heterocycles. The predicted molar refractivity (Wildman–Crippen MR) is 103 cm³/mol. The molecule has 3 N–H and O–H groups in total. The maximum atomic E-state index is 15.1. The molecule has 26 heavy (non-hydrogen) atoms. The normalized spacial score (nSPS) is 11.0. The first-order valence-corrected chi connectivity index (χ1v) is 9.05. The van der Waals surface area contributed by atoms with Crippen LogP contribution in [-0.2, 0) is 0 Å². The molecule has 0 radical (unpaired) electrons. The van der Waals surface area contributed by atoms with E-state index >= 15 is 4.39 Å². The number of anilines is 2. The fourth-order valence-electron chi connectivity index (χ4n) is 2.84. The van der Waals surface area contributed by atoms with Gasteiger partial charge in [0.05, 0.1) is 17.1 Å². The fourth-order valence-corrected chi connectivity index (χ4v) is 3.22. The number of nitrogens with two attached hydrogens (primary N) is 1. The molecule has 130 valence electrons. The third-order valence-corrected chi connectivity index (χ3v) is 4.34. The Balaban J connectivity index is 2.02. The van der Waals surface area contributed by atoms with Gasteiger partial charge in [-0.15, -0.1) is 0 Å². The maximum absolute atomic E-state index is 15.1. The number of benzene rings is 1. The Hall–Kier alpha value is -3.13.